The van der Waals surface area contributed by atoms with Gasteiger partial charge in [-0.1, -0.05) is 15.9 Å². The Hall–Kier alpha value is -1.07. The zero-order valence-corrected chi connectivity index (χ0v) is 11.1. The predicted octanol–water partition coefficient (Wildman–Crippen LogP) is 1.47. The van der Waals surface area contributed by atoms with Crippen molar-refractivity contribution in [1.82, 2.24) is 5.32 Å². The minimum absolute atomic E-state index is 0.299. The maximum atomic E-state index is 11.7. The molecule has 0 saturated carbocycles. The molecule has 1 aliphatic heterocycles. The first-order valence-corrected chi connectivity index (χ1v) is 6.46. The van der Waals surface area contributed by atoms with Crippen LogP contribution in [-0.4, -0.2) is 24.5 Å². The average molecular weight is 298 g/mol. The van der Waals surface area contributed by atoms with E-state index in [0.29, 0.717) is 6.54 Å². The van der Waals surface area contributed by atoms with Gasteiger partial charge in [-0.15, -0.1) is 0 Å². The normalized spacial score (nSPS) is 24.3. The lowest BCUT2D eigenvalue weighted by Crippen LogP contribution is -2.59. The number of primary amides is 1. The fourth-order valence-electron chi connectivity index (χ4n) is 2.09. The van der Waals surface area contributed by atoms with Crippen LogP contribution in [0.1, 0.15) is 12.8 Å². The molecule has 1 amide bonds. The lowest BCUT2D eigenvalue weighted by Gasteiger charge is -2.36. The molecule has 1 atom stereocenters. The number of benzene rings is 1. The third-order valence-corrected chi connectivity index (χ3v) is 3.61. The second kappa shape index (κ2) is 5.06. The summed E-state index contributed by atoms with van der Waals surface area (Å²) in [6.07, 6.45) is 1.72. The predicted molar refractivity (Wildman–Crippen MR) is 71.8 cm³/mol. The van der Waals surface area contributed by atoms with E-state index in [9.17, 15) is 4.79 Å². The summed E-state index contributed by atoms with van der Waals surface area (Å²) in [7, 11) is 0. The van der Waals surface area contributed by atoms with Crippen molar-refractivity contribution in [3.8, 4) is 0 Å². The van der Waals surface area contributed by atoms with Crippen molar-refractivity contribution in [2.45, 2.75) is 18.4 Å². The van der Waals surface area contributed by atoms with E-state index < -0.39 is 5.54 Å². The Morgan fingerprint density at radius 1 is 1.41 bits per heavy atom. The minimum Gasteiger partial charge on any atom is -0.370 e. The third kappa shape index (κ3) is 2.79. The SMILES string of the molecule is NC(=O)C1(Nc2ccc(Br)cc2)CCCNC1. The minimum atomic E-state index is -0.661. The van der Waals surface area contributed by atoms with E-state index in [4.69, 9.17) is 5.73 Å². The second-order valence-electron chi connectivity index (χ2n) is 4.36. The van der Waals surface area contributed by atoms with Gasteiger partial charge in [0.25, 0.3) is 0 Å². The van der Waals surface area contributed by atoms with Crippen molar-refractivity contribution in [3.05, 3.63) is 28.7 Å². The summed E-state index contributed by atoms with van der Waals surface area (Å²) in [5.41, 5.74) is 5.78. The topological polar surface area (TPSA) is 67.2 Å². The van der Waals surface area contributed by atoms with Crippen LogP contribution in [0.4, 0.5) is 5.69 Å². The van der Waals surface area contributed by atoms with Crippen LogP contribution in [0.3, 0.4) is 0 Å². The molecule has 1 aliphatic rings. The molecule has 1 aromatic rings. The summed E-state index contributed by atoms with van der Waals surface area (Å²) in [6, 6.07) is 7.74. The van der Waals surface area contributed by atoms with Crippen LogP contribution in [0, 0.1) is 0 Å². The number of amides is 1. The summed E-state index contributed by atoms with van der Waals surface area (Å²) in [4.78, 5) is 11.7. The molecule has 5 heteroatoms. The zero-order chi connectivity index (χ0) is 12.3. The molecule has 2 rings (SSSR count). The van der Waals surface area contributed by atoms with Crippen molar-refractivity contribution >= 4 is 27.5 Å². The highest BCUT2D eigenvalue weighted by atomic mass is 79.9. The van der Waals surface area contributed by atoms with Crippen LogP contribution in [0.5, 0.6) is 0 Å². The molecule has 1 fully saturated rings. The smallest absolute Gasteiger partial charge is 0.244 e. The molecule has 4 nitrogen and oxygen atoms in total. The Bertz CT molecular complexity index is 399. The highest BCUT2D eigenvalue weighted by Gasteiger charge is 2.37. The Morgan fingerprint density at radius 3 is 2.65 bits per heavy atom. The number of carbonyl (C=O) groups excluding carboxylic acids is 1. The van der Waals surface area contributed by atoms with Gasteiger partial charge in [0, 0.05) is 16.7 Å². The summed E-state index contributed by atoms with van der Waals surface area (Å²) >= 11 is 3.38. The monoisotopic (exact) mass is 297 g/mol. The van der Waals surface area contributed by atoms with Crippen LogP contribution in [-0.2, 0) is 4.79 Å². The van der Waals surface area contributed by atoms with E-state index in [-0.39, 0.29) is 5.91 Å². The van der Waals surface area contributed by atoms with Gasteiger partial charge in [-0.25, -0.2) is 0 Å². The maximum Gasteiger partial charge on any atom is 0.244 e. The number of piperidine rings is 1. The van der Waals surface area contributed by atoms with Crippen molar-refractivity contribution in [2.24, 2.45) is 5.73 Å². The van der Waals surface area contributed by atoms with E-state index in [0.717, 1.165) is 29.5 Å². The molecule has 0 aliphatic carbocycles. The van der Waals surface area contributed by atoms with Crippen LogP contribution in [0.25, 0.3) is 0 Å². The van der Waals surface area contributed by atoms with Crippen molar-refractivity contribution < 1.29 is 4.79 Å². The number of nitrogens with two attached hydrogens (primary N) is 1. The van der Waals surface area contributed by atoms with Crippen molar-refractivity contribution in [3.63, 3.8) is 0 Å². The highest BCUT2D eigenvalue weighted by molar-refractivity contribution is 9.10. The fourth-order valence-corrected chi connectivity index (χ4v) is 2.36. The van der Waals surface area contributed by atoms with Gasteiger partial charge >= 0.3 is 0 Å². The van der Waals surface area contributed by atoms with E-state index in [1.54, 1.807) is 0 Å². The van der Waals surface area contributed by atoms with Crippen LogP contribution in [0.15, 0.2) is 28.7 Å². The molecule has 1 aromatic carbocycles. The quantitative estimate of drug-likeness (QED) is 0.791. The molecule has 4 N–H and O–H groups in total. The molecular weight excluding hydrogens is 282 g/mol. The summed E-state index contributed by atoms with van der Waals surface area (Å²) in [6.45, 7) is 1.52. The number of carbonyl (C=O) groups is 1. The molecule has 0 aromatic heterocycles. The molecule has 0 bridgehead atoms. The fraction of sp³-hybridized carbons (Fsp3) is 0.417. The first kappa shape index (κ1) is 12.4. The molecule has 17 heavy (non-hydrogen) atoms. The number of anilines is 1. The van der Waals surface area contributed by atoms with Gasteiger partial charge < -0.3 is 16.4 Å². The zero-order valence-electron chi connectivity index (χ0n) is 9.50. The molecule has 92 valence electrons. The second-order valence-corrected chi connectivity index (χ2v) is 5.27. The van der Waals surface area contributed by atoms with Gasteiger partial charge in [0.15, 0.2) is 0 Å². The Balaban J connectivity index is 2.17. The van der Waals surface area contributed by atoms with Crippen LogP contribution < -0.4 is 16.4 Å². The first-order valence-electron chi connectivity index (χ1n) is 5.67. The third-order valence-electron chi connectivity index (χ3n) is 3.08. The average Bonchev–Trinajstić information content (AvgIpc) is 2.33. The number of rotatable bonds is 3. The maximum absolute atomic E-state index is 11.7. The molecular formula is C12H16BrN3O. The standard InChI is InChI=1S/C12H16BrN3O/c13-9-2-4-10(5-3-9)16-12(11(14)17)6-1-7-15-8-12/h2-5,15-16H,1,6-8H2,(H2,14,17). The van der Waals surface area contributed by atoms with Crippen LogP contribution >= 0.6 is 15.9 Å². The van der Waals surface area contributed by atoms with E-state index in [2.05, 4.69) is 26.6 Å². The highest BCUT2D eigenvalue weighted by Crippen LogP contribution is 2.23. The van der Waals surface area contributed by atoms with Gasteiger partial charge in [-0.05, 0) is 43.7 Å². The molecule has 1 heterocycles. The first-order chi connectivity index (χ1) is 8.12. The van der Waals surface area contributed by atoms with E-state index in [1.807, 2.05) is 24.3 Å². The largest absolute Gasteiger partial charge is 0.370 e. The van der Waals surface area contributed by atoms with Gasteiger partial charge in [0.2, 0.25) is 5.91 Å². The number of hydrogen-bond acceptors (Lipinski definition) is 3. The lowest BCUT2D eigenvalue weighted by molar-refractivity contribution is -0.122. The van der Waals surface area contributed by atoms with Crippen molar-refractivity contribution in [1.29, 1.82) is 0 Å². The Labute approximate surface area is 109 Å². The molecule has 1 unspecified atom stereocenters. The Kier molecular flexibility index (Phi) is 3.69. The lowest BCUT2D eigenvalue weighted by atomic mass is 9.89. The van der Waals surface area contributed by atoms with E-state index >= 15 is 0 Å². The number of halogens is 1. The Morgan fingerprint density at radius 2 is 2.12 bits per heavy atom. The number of nitrogens with one attached hydrogen (secondary N) is 2. The summed E-state index contributed by atoms with van der Waals surface area (Å²) in [5, 5.41) is 6.48. The summed E-state index contributed by atoms with van der Waals surface area (Å²) in [5.74, 6) is -0.299. The van der Waals surface area contributed by atoms with Gasteiger partial charge in [-0.3, -0.25) is 4.79 Å². The van der Waals surface area contributed by atoms with Gasteiger partial charge in [0.1, 0.15) is 5.54 Å². The van der Waals surface area contributed by atoms with Crippen molar-refractivity contribution in [2.75, 3.05) is 18.4 Å². The molecule has 0 spiro atoms. The van der Waals surface area contributed by atoms with E-state index in [1.165, 1.54) is 0 Å². The van der Waals surface area contributed by atoms with Crippen LogP contribution in [0.2, 0.25) is 0 Å². The number of hydrogen-bond donors (Lipinski definition) is 3. The summed E-state index contributed by atoms with van der Waals surface area (Å²) < 4.78 is 1.01. The molecule has 1 saturated heterocycles. The molecule has 0 radical (unpaired) electrons. The van der Waals surface area contributed by atoms with Gasteiger partial charge in [0.05, 0.1) is 0 Å². The van der Waals surface area contributed by atoms with Gasteiger partial charge in [-0.2, -0.15) is 0 Å².